The number of benzene rings is 2. The highest BCUT2D eigenvalue weighted by atomic mass is 32.2. The van der Waals surface area contributed by atoms with Gasteiger partial charge in [0, 0.05) is 44.8 Å². The van der Waals surface area contributed by atoms with Gasteiger partial charge in [0.15, 0.2) is 17.3 Å². The van der Waals surface area contributed by atoms with Crippen molar-refractivity contribution in [3.63, 3.8) is 0 Å². The minimum Gasteiger partial charge on any atom is -0.491 e. The first kappa shape index (κ1) is 31.2. The fraction of sp³-hybridized carbons (Fsp3) is 0.481. The quantitative estimate of drug-likeness (QED) is 0.543. The normalized spacial score (nSPS) is 21.6. The van der Waals surface area contributed by atoms with Crippen LogP contribution in [0.25, 0.3) is 0 Å². The van der Waals surface area contributed by atoms with Gasteiger partial charge in [-0.1, -0.05) is 6.92 Å². The zero-order valence-electron chi connectivity index (χ0n) is 23.4. The Hall–Kier alpha value is -3.72. The van der Waals surface area contributed by atoms with Crippen LogP contribution in [-0.4, -0.2) is 94.8 Å². The first-order valence-electron chi connectivity index (χ1n) is 13.0. The molecule has 11 nitrogen and oxygen atoms in total. The molecule has 3 atom stereocenters. The molecule has 0 fully saturated rings. The van der Waals surface area contributed by atoms with Crippen LogP contribution in [0.15, 0.2) is 36.4 Å². The summed E-state index contributed by atoms with van der Waals surface area (Å²) < 4.78 is 86.6. The molecule has 0 radical (unpaired) electrons. The van der Waals surface area contributed by atoms with E-state index in [1.54, 1.807) is 37.1 Å². The summed E-state index contributed by atoms with van der Waals surface area (Å²) >= 11 is 0. The van der Waals surface area contributed by atoms with Crippen molar-refractivity contribution in [2.45, 2.75) is 32.2 Å². The highest BCUT2D eigenvalue weighted by molar-refractivity contribution is 7.92. The molecular weight excluding hydrogens is 583 g/mol. The van der Waals surface area contributed by atoms with Crippen LogP contribution in [0, 0.1) is 5.92 Å². The second-order valence-corrected chi connectivity index (χ2v) is 12.0. The van der Waals surface area contributed by atoms with Crippen LogP contribution in [0.4, 0.5) is 18.9 Å². The number of ether oxygens (including phenoxy) is 4. The number of anilines is 1. The number of sulfonamides is 1. The Kier molecular flexibility index (Phi) is 9.11. The van der Waals surface area contributed by atoms with Gasteiger partial charge in [0.1, 0.15) is 12.4 Å². The number of alkyl halides is 3. The van der Waals surface area contributed by atoms with Crippen molar-refractivity contribution < 1.29 is 50.1 Å². The largest absolute Gasteiger partial charge is 0.491 e. The molecule has 2 amide bonds. The molecule has 0 spiro atoms. The maximum absolute atomic E-state index is 13.8. The van der Waals surface area contributed by atoms with E-state index in [1.807, 2.05) is 11.6 Å². The second kappa shape index (κ2) is 12.3. The van der Waals surface area contributed by atoms with Gasteiger partial charge in [-0.3, -0.25) is 14.3 Å². The number of nitrogens with one attached hydrogen (secondary N) is 1. The lowest BCUT2D eigenvalue weighted by Crippen LogP contribution is -2.48. The molecule has 0 aliphatic carbocycles. The number of halogens is 3. The number of nitrogens with zero attached hydrogens (tertiary/aromatic N) is 2. The Bertz CT molecular complexity index is 1440. The number of amides is 2. The second-order valence-electron chi connectivity index (χ2n) is 10.3. The zero-order chi connectivity index (χ0) is 30.8. The van der Waals surface area contributed by atoms with Crippen LogP contribution >= 0.6 is 0 Å². The third-order valence-corrected chi connectivity index (χ3v) is 8.21. The summed E-state index contributed by atoms with van der Waals surface area (Å²) in [6, 6.07) is 7.90. The van der Waals surface area contributed by atoms with Crippen LogP contribution in [0.2, 0.25) is 0 Å². The predicted octanol–water partition coefficient (Wildman–Crippen LogP) is 3.37. The van der Waals surface area contributed by atoms with E-state index in [4.69, 9.17) is 18.9 Å². The third kappa shape index (κ3) is 7.37. The molecule has 42 heavy (non-hydrogen) atoms. The molecule has 0 bridgehead atoms. The van der Waals surface area contributed by atoms with Gasteiger partial charge in [-0.05, 0) is 37.3 Å². The van der Waals surface area contributed by atoms with Gasteiger partial charge in [-0.25, -0.2) is 8.42 Å². The Morgan fingerprint density at radius 2 is 1.76 bits per heavy atom. The lowest BCUT2D eigenvalue weighted by atomic mass is 10.0. The van der Waals surface area contributed by atoms with Gasteiger partial charge in [-0.2, -0.15) is 13.2 Å². The van der Waals surface area contributed by atoms with Crippen molar-refractivity contribution in [3.05, 3.63) is 47.5 Å². The molecule has 230 valence electrons. The van der Waals surface area contributed by atoms with E-state index in [0.29, 0.717) is 17.1 Å². The number of carbonyl (C=O) groups is 2. The maximum Gasteiger partial charge on any atom is 0.404 e. The van der Waals surface area contributed by atoms with E-state index >= 15 is 0 Å². The average Bonchev–Trinajstić information content (AvgIpc) is 3.38. The SMILES string of the molecule is CO[C@@H]1CN(C)C(=O)c2ccc(NS(=O)(=O)CC(F)(F)F)cc2OC[C@H](C)N(C(=O)c2ccc3c(c2)OCO3)C[C@H]1C. The number of methoxy groups -OCH3 is 1. The van der Waals surface area contributed by atoms with Gasteiger partial charge in [0.25, 0.3) is 11.8 Å². The van der Waals surface area contributed by atoms with E-state index in [0.717, 1.165) is 6.07 Å². The number of carbonyl (C=O) groups excluding carboxylic acids is 2. The van der Waals surface area contributed by atoms with Crippen LogP contribution in [0.5, 0.6) is 17.2 Å². The molecule has 1 N–H and O–H groups in total. The molecule has 15 heteroatoms. The van der Waals surface area contributed by atoms with E-state index in [2.05, 4.69) is 0 Å². The van der Waals surface area contributed by atoms with Gasteiger partial charge in [-0.15, -0.1) is 0 Å². The number of fused-ring (bicyclic) bond motifs is 2. The maximum atomic E-state index is 13.8. The van der Waals surface area contributed by atoms with Crippen LogP contribution in [0.3, 0.4) is 0 Å². The van der Waals surface area contributed by atoms with E-state index < -0.39 is 40.0 Å². The van der Waals surface area contributed by atoms with Crippen molar-refractivity contribution in [2.75, 3.05) is 51.1 Å². The lowest BCUT2D eigenvalue weighted by Gasteiger charge is -2.36. The third-order valence-electron chi connectivity index (χ3n) is 6.95. The van der Waals surface area contributed by atoms with Crippen molar-refractivity contribution in [2.24, 2.45) is 5.92 Å². The molecule has 2 aromatic rings. The minimum absolute atomic E-state index is 0.0491. The summed E-state index contributed by atoms with van der Waals surface area (Å²) in [5, 5.41) is 0. The van der Waals surface area contributed by atoms with Gasteiger partial charge in [0.05, 0.1) is 23.4 Å². The summed E-state index contributed by atoms with van der Waals surface area (Å²) in [7, 11) is -1.72. The molecule has 0 saturated heterocycles. The Balaban J connectivity index is 1.67. The molecule has 4 rings (SSSR count). The lowest BCUT2D eigenvalue weighted by molar-refractivity contribution is -0.106. The summed E-state index contributed by atoms with van der Waals surface area (Å²) in [5.41, 5.74) is 0.193. The minimum atomic E-state index is -4.95. The van der Waals surface area contributed by atoms with Crippen molar-refractivity contribution >= 4 is 27.5 Å². The van der Waals surface area contributed by atoms with E-state index in [-0.39, 0.29) is 55.3 Å². The molecule has 2 aliphatic rings. The summed E-state index contributed by atoms with van der Waals surface area (Å²) in [6.07, 6.45) is -5.41. The molecule has 0 unspecified atom stereocenters. The standard InChI is InChI=1S/C27H32F3N3O8S/c1-16-11-33(25(34)18-5-8-21-23(9-18)41-15-40-21)17(2)13-39-22-10-19(31-42(36,37)14-27(28,29)30)6-7-20(22)26(35)32(3)12-24(16)38-4/h5-10,16-17,24,31H,11-15H2,1-4H3/t16-,17+,24-/m1/s1. The molecule has 0 aromatic heterocycles. The van der Waals surface area contributed by atoms with E-state index in [9.17, 15) is 31.2 Å². The summed E-state index contributed by atoms with van der Waals surface area (Å²) in [6.45, 7) is 3.96. The zero-order valence-corrected chi connectivity index (χ0v) is 24.3. The van der Waals surface area contributed by atoms with Crippen LogP contribution in [-0.2, 0) is 14.8 Å². The van der Waals surface area contributed by atoms with Crippen molar-refractivity contribution in [3.8, 4) is 17.2 Å². The fourth-order valence-electron chi connectivity index (χ4n) is 4.74. The molecule has 2 aliphatic heterocycles. The molecular formula is C27H32F3N3O8S. The van der Waals surface area contributed by atoms with E-state index in [1.165, 1.54) is 24.1 Å². The fourth-order valence-corrected chi connectivity index (χ4v) is 5.73. The van der Waals surface area contributed by atoms with Crippen LogP contribution in [0.1, 0.15) is 34.6 Å². The van der Waals surface area contributed by atoms with Gasteiger partial charge >= 0.3 is 6.18 Å². The number of hydrogen-bond donors (Lipinski definition) is 1. The Labute approximate surface area is 241 Å². The Morgan fingerprint density at radius 1 is 1.05 bits per heavy atom. The molecule has 0 saturated carbocycles. The highest BCUT2D eigenvalue weighted by Crippen LogP contribution is 2.33. The first-order valence-corrected chi connectivity index (χ1v) is 14.7. The van der Waals surface area contributed by atoms with Gasteiger partial charge in [0.2, 0.25) is 16.8 Å². The van der Waals surface area contributed by atoms with Crippen molar-refractivity contribution in [1.82, 2.24) is 9.80 Å². The number of likely N-dealkylation sites (N-methyl/N-ethyl adjacent to an activating group) is 1. The monoisotopic (exact) mass is 615 g/mol. The average molecular weight is 616 g/mol. The predicted molar refractivity (Wildman–Crippen MR) is 145 cm³/mol. The first-order chi connectivity index (χ1) is 19.7. The highest BCUT2D eigenvalue weighted by Gasteiger charge is 2.36. The Morgan fingerprint density at radius 3 is 2.45 bits per heavy atom. The molecule has 2 heterocycles. The molecule has 2 aromatic carbocycles. The van der Waals surface area contributed by atoms with Crippen LogP contribution < -0.4 is 18.9 Å². The number of rotatable bonds is 5. The summed E-state index contributed by atoms with van der Waals surface area (Å²) in [4.78, 5) is 30.1. The van der Waals surface area contributed by atoms with Crippen molar-refractivity contribution in [1.29, 1.82) is 0 Å². The smallest absolute Gasteiger partial charge is 0.404 e. The summed E-state index contributed by atoms with van der Waals surface area (Å²) in [5.74, 6) is -2.18. The van der Waals surface area contributed by atoms with Gasteiger partial charge < -0.3 is 28.7 Å². The number of hydrogen-bond acceptors (Lipinski definition) is 8. The topological polar surface area (TPSA) is 124 Å².